The monoisotopic (exact) mass is 785 g/mol. The number of rotatable bonds is 4. The molecule has 3 heterocycles. The summed E-state index contributed by atoms with van der Waals surface area (Å²) in [6.07, 6.45) is 3.83. The standard InChI is InChI=1S/C23H14NO.C14H16GeN.Ir/c1-2-8-16(9-3-1)17-13-14-18(20-11-6-7-15-24-20)23-22(17)19-10-4-5-12-21(19)25-23;1-15(2,3)13-9-10-14(16-11-13)12-7-5-4-6-8-12;/h1-13,15H;4-7,9-11H,1-3H3;/q2*-1;. The van der Waals surface area contributed by atoms with E-state index in [2.05, 4.69) is 81.8 Å². The molecule has 0 bridgehead atoms. The van der Waals surface area contributed by atoms with Crippen molar-refractivity contribution in [3.63, 3.8) is 0 Å². The van der Waals surface area contributed by atoms with Gasteiger partial charge in [-0.15, -0.1) is 12.1 Å². The third kappa shape index (κ3) is 6.32. The van der Waals surface area contributed by atoms with Crippen molar-refractivity contribution in [3.8, 4) is 33.6 Å². The van der Waals surface area contributed by atoms with Gasteiger partial charge in [0, 0.05) is 31.7 Å². The molecule has 0 spiro atoms. The summed E-state index contributed by atoms with van der Waals surface area (Å²) in [5, 5.41) is 2.23. The minimum Gasteiger partial charge on any atom is -0.501 e. The van der Waals surface area contributed by atoms with E-state index in [0.29, 0.717) is 0 Å². The van der Waals surface area contributed by atoms with Gasteiger partial charge in [-0.25, -0.2) is 0 Å². The molecule has 42 heavy (non-hydrogen) atoms. The van der Waals surface area contributed by atoms with Gasteiger partial charge < -0.3 is 9.40 Å². The topological polar surface area (TPSA) is 38.9 Å². The predicted octanol–water partition coefficient (Wildman–Crippen LogP) is 9.21. The number of hydrogen-bond donors (Lipinski definition) is 0. The van der Waals surface area contributed by atoms with Crippen LogP contribution in [-0.2, 0) is 20.1 Å². The molecule has 0 unspecified atom stereocenters. The number of pyridine rings is 2. The molecule has 0 saturated heterocycles. The summed E-state index contributed by atoms with van der Waals surface area (Å²) in [7, 11) is 0. The van der Waals surface area contributed by atoms with Crippen LogP contribution in [0.5, 0.6) is 0 Å². The van der Waals surface area contributed by atoms with Crippen LogP contribution in [0.1, 0.15) is 0 Å². The average Bonchev–Trinajstić information content (AvgIpc) is 3.42. The Bertz CT molecular complexity index is 1900. The Morgan fingerprint density at radius 2 is 1.45 bits per heavy atom. The Hall–Kier alpha value is -3.83. The predicted molar refractivity (Wildman–Crippen MR) is 173 cm³/mol. The fourth-order valence-corrected chi connectivity index (χ4v) is 7.04. The number of benzene rings is 4. The fraction of sp³-hybridized carbons (Fsp3) is 0.0811. The van der Waals surface area contributed by atoms with Crippen molar-refractivity contribution in [2.45, 2.75) is 17.3 Å². The number of furan rings is 1. The van der Waals surface area contributed by atoms with Crippen LogP contribution >= 0.6 is 0 Å². The van der Waals surface area contributed by atoms with Crippen LogP contribution in [-0.4, -0.2) is 23.2 Å². The normalized spacial score (nSPS) is 11.0. The summed E-state index contributed by atoms with van der Waals surface area (Å²) in [5.41, 5.74) is 7.83. The van der Waals surface area contributed by atoms with E-state index in [4.69, 9.17) is 4.42 Å². The van der Waals surface area contributed by atoms with Crippen LogP contribution in [0.3, 0.4) is 0 Å². The quantitative estimate of drug-likeness (QED) is 0.132. The molecular formula is C37H30GeIrN2O-2. The molecular weight excluding hydrogens is 753 g/mol. The van der Waals surface area contributed by atoms with Gasteiger partial charge in [0.2, 0.25) is 0 Å². The molecule has 7 aromatic rings. The van der Waals surface area contributed by atoms with Gasteiger partial charge in [-0.1, -0.05) is 77.4 Å². The number of hydrogen-bond acceptors (Lipinski definition) is 3. The Labute approximate surface area is 263 Å². The fourth-order valence-electron chi connectivity index (χ4n) is 4.87. The van der Waals surface area contributed by atoms with Crippen LogP contribution in [0, 0.1) is 12.1 Å². The minimum absolute atomic E-state index is 0. The maximum absolute atomic E-state index is 6.23. The molecule has 0 saturated carbocycles. The second kappa shape index (κ2) is 13.0. The molecule has 5 heteroatoms. The Balaban J connectivity index is 0.000000181. The molecule has 0 fully saturated rings. The van der Waals surface area contributed by atoms with Crippen molar-refractivity contribution in [1.82, 2.24) is 9.97 Å². The first-order valence-electron chi connectivity index (χ1n) is 13.8. The SMILES string of the molecule is [CH3][Ge]([CH3])([CH3])[c]1ccc(-c2[c-]cccc2)nc1.[Ir].[c-]1cc(-c2ccccc2)c2c(oc3ccccc32)c1-c1ccccn1. The van der Waals surface area contributed by atoms with E-state index in [1.165, 1.54) is 4.40 Å². The van der Waals surface area contributed by atoms with Gasteiger partial charge in [-0.2, -0.15) is 0 Å². The molecule has 3 aromatic heterocycles. The van der Waals surface area contributed by atoms with Gasteiger partial charge in [0.25, 0.3) is 0 Å². The van der Waals surface area contributed by atoms with Gasteiger partial charge in [0.1, 0.15) is 5.58 Å². The molecule has 3 nitrogen and oxygen atoms in total. The smallest absolute Gasteiger partial charge is 0.120 e. The van der Waals surface area contributed by atoms with Gasteiger partial charge in [0.15, 0.2) is 0 Å². The van der Waals surface area contributed by atoms with E-state index < -0.39 is 13.3 Å². The van der Waals surface area contributed by atoms with E-state index in [1.54, 1.807) is 6.20 Å². The number of aromatic nitrogens is 2. The Morgan fingerprint density at radius 3 is 2.14 bits per heavy atom. The summed E-state index contributed by atoms with van der Waals surface area (Å²) in [6.45, 7) is 0. The van der Waals surface area contributed by atoms with Crippen LogP contribution in [0.15, 0.2) is 132 Å². The molecule has 7 rings (SSSR count). The van der Waals surface area contributed by atoms with E-state index in [-0.39, 0.29) is 20.1 Å². The minimum atomic E-state index is -1.72. The van der Waals surface area contributed by atoms with Crippen molar-refractivity contribution in [1.29, 1.82) is 0 Å². The first-order chi connectivity index (χ1) is 20.0. The van der Waals surface area contributed by atoms with Crippen molar-refractivity contribution < 1.29 is 24.5 Å². The second-order valence-corrected chi connectivity index (χ2v) is 21.6. The molecule has 0 aliphatic heterocycles. The summed E-state index contributed by atoms with van der Waals surface area (Å²) in [5.74, 6) is 7.14. The number of fused-ring (bicyclic) bond motifs is 3. The van der Waals surface area contributed by atoms with E-state index >= 15 is 0 Å². The van der Waals surface area contributed by atoms with Gasteiger partial charge in [-0.3, -0.25) is 0 Å². The van der Waals surface area contributed by atoms with Crippen molar-refractivity contribution in [2.75, 3.05) is 0 Å². The summed E-state index contributed by atoms with van der Waals surface area (Å²) in [4.78, 5) is 9.01. The summed E-state index contributed by atoms with van der Waals surface area (Å²) < 4.78 is 7.67. The van der Waals surface area contributed by atoms with Crippen molar-refractivity contribution in [2.24, 2.45) is 0 Å². The first-order valence-corrected chi connectivity index (χ1v) is 21.1. The molecule has 0 N–H and O–H groups in total. The van der Waals surface area contributed by atoms with Gasteiger partial charge in [-0.05, 0) is 23.2 Å². The van der Waals surface area contributed by atoms with E-state index in [9.17, 15) is 0 Å². The van der Waals surface area contributed by atoms with Gasteiger partial charge in [0.05, 0.1) is 5.58 Å². The van der Waals surface area contributed by atoms with Crippen LogP contribution in [0.2, 0.25) is 17.3 Å². The number of nitrogens with zero attached hydrogens (tertiary/aromatic N) is 2. The molecule has 0 aliphatic carbocycles. The molecule has 209 valence electrons. The summed E-state index contributed by atoms with van der Waals surface area (Å²) >= 11 is -1.72. The van der Waals surface area contributed by atoms with Crippen LogP contribution in [0.25, 0.3) is 55.6 Å². The van der Waals surface area contributed by atoms with Crippen molar-refractivity contribution >= 4 is 39.6 Å². The van der Waals surface area contributed by atoms with E-state index in [0.717, 1.165) is 55.6 Å². The molecule has 1 radical (unpaired) electrons. The third-order valence-electron chi connectivity index (χ3n) is 7.07. The van der Waals surface area contributed by atoms with Crippen molar-refractivity contribution in [3.05, 3.63) is 140 Å². The summed E-state index contributed by atoms with van der Waals surface area (Å²) in [6, 6.07) is 45.3. The molecule has 0 amide bonds. The number of para-hydroxylation sites is 1. The van der Waals surface area contributed by atoms with Crippen LogP contribution in [0.4, 0.5) is 0 Å². The largest absolute Gasteiger partial charge is 0.501 e. The zero-order valence-electron chi connectivity index (χ0n) is 23.8. The molecule has 4 aromatic carbocycles. The zero-order valence-corrected chi connectivity index (χ0v) is 28.3. The maximum atomic E-state index is 6.23. The molecule has 0 aliphatic rings. The molecule has 0 atom stereocenters. The Kier molecular flexibility index (Phi) is 9.18. The Morgan fingerprint density at radius 1 is 0.690 bits per heavy atom. The average molecular weight is 783 g/mol. The van der Waals surface area contributed by atoms with Gasteiger partial charge >= 0.3 is 99.8 Å². The van der Waals surface area contributed by atoms with E-state index in [1.807, 2.05) is 79.0 Å². The van der Waals surface area contributed by atoms with Crippen LogP contribution < -0.4 is 4.40 Å². The zero-order chi connectivity index (χ0) is 28.2. The first kappa shape index (κ1) is 29.7. The maximum Gasteiger partial charge on any atom is 0.120 e. The second-order valence-electron chi connectivity index (χ2n) is 10.9. The third-order valence-corrected chi connectivity index (χ3v) is 11.3.